The number of nitrogens with one attached hydrogen (secondary N) is 1. The van der Waals surface area contributed by atoms with Crippen LogP contribution in [-0.2, 0) is 4.79 Å². The first-order valence-electron chi connectivity index (χ1n) is 3.84. The second-order valence-electron chi connectivity index (χ2n) is 2.55. The van der Waals surface area contributed by atoms with E-state index >= 15 is 0 Å². The van der Waals surface area contributed by atoms with Crippen molar-refractivity contribution in [2.45, 2.75) is 6.42 Å². The van der Waals surface area contributed by atoms with Crippen LogP contribution >= 0.6 is 0 Å². The zero-order valence-electron chi connectivity index (χ0n) is 7.12. The fraction of sp³-hybridized carbons (Fsp3) is 0.250. The minimum absolute atomic E-state index is 0.262. The van der Waals surface area contributed by atoms with Gasteiger partial charge in [-0.05, 0) is 6.08 Å². The Morgan fingerprint density at radius 3 is 2.77 bits per heavy atom. The van der Waals surface area contributed by atoms with Gasteiger partial charge in [-0.15, -0.1) is 0 Å². The van der Waals surface area contributed by atoms with Gasteiger partial charge in [0.2, 0.25) is 5.91 Å². The Kier molecular flexibility index (Phi) is 2.69. The lowest BCUT2D eigenvalue weighted by Gasteiger charge is -2.26. The molecule has 5 heteroatoms. The number of urea groups is 1. The van der Waals surface area contributed by atoms with Gasteiger partial charge in [-0.3, -0.25) is 15.0 Å². The van der Waals surface area contributed by atoms with Crippen molar-refractivity contribution >= 4 is 11.9 Å². The van der Waals surface area contributed by atoms with Gasteiger partial charge in [-0.25, -0.2) is 4.79 Å². The molecule has 1 heterocycles. The SMILES string of the molecule is C=C/C(=C\N)N1CCC(=O)NC1=O. The summed E-state index contributed by atoms with van der Waals surface area (Å²) in [6, 6.07) is -0.451. The van der Waals surface area contributed by atoms with Crippen molar-refractivity contribution in [1.82, 2.24) is 10.2 Å². The van der Waals surface area contributed by atoms with Gasteiger partial charge in [0.05, 0.1) is 5.70 Å². The van der Waals surface area contributed by atoms with E-state index in [-0.39, 0.29) is 12.3 Å². The second kappa shape index (κ2) is 3.75. The van der Waals surface area contributed by atoms with Crippen LogP contribution in [0.25, 0.3) is 0 Å². The summed E-state index contributed by atoms with van der Waals surface area (Å²) >= 11 is 0. The number of hydrogen-bond acceptors (Lipinski definition) is 3. The fourth-order valence-electron chi connectivity index (χ4n) is 1.08. The Bertz CT molecular complexity index is 283. The predicted octanol–water partition coefficient (Wildman–Crippen LogP) is -0.0856. The Labute approximate surface area is 75.9 Å². The predicted molar refractivity (Wildman–Crippen MR) is 47.3 cm³/mol. The number of nitrogens with zero attached hydrogens (tertiary/aromatic N) is 1. The molecule has 0 saturated carbocycles. The number of carbonyl (C=O) groups is 2. The molecule has 0 unspecified atom stereocenters. The van der Waals surface area contributed by atoms with Gasteiger partial charge in [-0.1, -0.05) is 6.58 Å². The van der Waals surface area contributed by atoms with Crippen LogP contribution in [0.1, 0.15) is 6.42 Å². The first-order valence-corrected chi connectivity index (χ1v) is 3.84. The van der Waals surface area contributed by atoms with E-state index in [1.807, 2.05) is 0 Å². The zero-order chi connectivity index (χ0) is 9.84. The molecule has 0 bridgehead atoms. The minimum atomic E-state index is -0.451. The van der Waals surface area contributed by atoms with Crippen LogP contribution in [0.3, 0.4) is 0 Å². The van der Waals surface area contributed by atoms with Crippen molar-refractivity contribution in [3.05, 3.63) is 24.6 Å². The van der Waals surface area contributed by atoms with E-state index in [0.29, 0.717) is 12.2 Å². The summed E-state index contributed by atoms with van der Waals surface area (Å²) < 4.78 is 0. The van der Waals surface area contributed by atoms with Crippen molar-refractivity contribution in [3.63, 3.8) is 0 Å². The maximum atomic E-state index is 11.2. The summed E-state index contributed by atoms with van der Waals surface area (Å²) in [7, 11) is 0. The van der Waals surface area contributed by atoms with Crippen molar-refractivity contribution in [3.8, 4) is 0 Å². The van der Waals surface area contributed by atoms with E-state index in [2.05, 4.69) is 11.9 Å². The zero-order valence-corrected chi connectivity index (χ0v) is 7.12. The molecule has 13 heavy (non-hydrogen) atoms. The van der Waals surface area contributed by atoms with Crippen LogP contribution in [-0.4, -0.2) is 23.4 Å². The van der Waals surface area contributed by atoms with E-state index in [1.165, 1.54) is 17.2 Å². The van der Waals surface area contributed by atoms with Gasteiger partial charge in [-0.2, -0.15) is 0 Å². The highest BCUT2D eigenvalue weighted by atomic mass is 16.2. The number of allylic oxidation sites excluding steroid dienone is 1. The summed E-state index contributed by atoms with van der Waals surface area (Å²) in [6.45, 7) is 3.85. The molecule has 1 rings (SSSR count). The Hall–Kier alpha value is -1.78. The van der Waals surface area contributed by atoms with Gasteiger partial charge in [0.15, 0.2) is 0 Å². The molecule has 0 aliphatic carbocycles. The summed E-state index contributed by atoms with van der Waals surface area (Å²) in [5.74, 6) is -0.262. The number of nitrogens with two attached hydrogens (primary N) is 1. The third-order valence-electron chi connectivity index (χ3n) is 1.75. The topological polar surface area (TPSA) is 75.4 Å². The van der Waals surface area contributed by atoms with Gasteiger partial charge >= 0.3 is 6.03 Å². The molecule has 3 N–H and O–H groups in total. The molecule has 5 nitrogen and oxygen atoms in total. The average Bonchev–Trinajstić information content (AvgIpc) is 2.10. The van der Waals surface area contributed by atoms with E-state index in [0.717, 1.165) is 0 Å². The summed E-state index contributed by atoms with van der Waals surface area (Å²) in [4.78, 5) is 23.4. The van der Waals surface area contributed by atoms with E-state index in [1.54, 1.807) is 0 Å². The maximum absolute atomic E-state index is 11.2. The quantitative estimate of drug-likeness (QED) is 0.585. The molecule has 0 aromatic carbocycles. The van der Waals surface area contributed by atoms with Crippen LogP contribution in [0.5, 0.6) is 0 Å². The highest BCUT2D eigenvalue weighted by Crippen LogP contribution is 2.09. The van der Waals surface area contributed by atoms with Crippen molar-refractivity contribution in [2.75, 3.05) is 6.54 Å². The molecular weight excluding hydrogens is 170 g/mol. The van der Waals surface area contributed by atoms with Crippen molar-refractivity contribution in [2.24, 2.45) is 5.73 Å². The lowest BCUT2D eigenvalue weighted by Crippen LogP contribution is -2.48. The highest BCUT2D eigenvalue weighted by molar-refractivity contribution is 5.97. The smallest absolute Gasteiger partial charge is 0.328 e. The van der Waals surface area contributed by atoms with E-state index < -0.39 is 6.03 Å². The van der Waals surface area contributed by atoms with Crippen molar-refractivity contribution < 1.29 is 9.59 Å². The monoisotopic (exact) mass is 181 g/mol. The molecule has 1 saturated heterocycles. The number of rotatable bonds is 2. The molecule has 0 atom stereocenters. The molecule has 0 radical (unpaired) electrons. The number of amides is 3. The Morgan fingerprint density at radius 1 is 1.62 bits per heavy atom. The second-order valence-corrected chi connectivity index (χ2v) is 2.55. The van der Waals surface area contributed by atoms with Crippen LogP contribution < -0.4 is 11.1 Å². The third-order valence-corrected chi connectivity index (χ3v) is 1.75. The standard InChI is InChI=1S/C8H11N3O2/c1-2-6(5-9)11-4-3-7(12)10-8(11)13/h2,5H,1,3-4,9H2,(H,10,12,13)/b6-5+. The third kappa shape index (κ3) is 1.87. The molecule has 70 valence electrons. The highest BCUT2D eigenvalue weighted by Gasteiger charge is 2.24. The summed E-state index contributed by atoms with van der Waals surface area (Å²) in [6.07, 6.45) is 3.04. The van der Waals surface area contributed by atoms with Gasteiger partial charge in [0.1, 0.15) is 0 Å². The first kappa shape index (κ1) is 9.31. The number of hydrogen-bond donors (Lipinski definition) is 2. The molecule has 0 spiro atoms. The van der Waals surface area contributed by atoms with Crippen LogP contribution in [0, 0.1) is 0 Å². The molecular formula is C8H11N3O2. The van der Waals surface area contributed by atoms with Gasteiger partial charge < -0.3 is 5.73 Å². The lowest BCUT2D eigenvalue weighted by atomic mass is 10.3. The molecule has 3 amide bonds. The molecule has 1 fully saturated rings. The molecule has 1 aliphatic rings. The minimum Gasteiger partial charge on any atom is -0.403 e. The molecule has 1 aliphatic heterocycles. The Balaban J connectivity index is 2.76. The lowest BCUT2D eigenvalue weighted by molar-refractivity contribution is -0.121. The Morgan fingerprint density at radius 2 is 2.31 bits per heavy atom. The first-order chi connectivity index (χ1) is 6.19. The van der Waals surface area contributed by atoms with Crippen LogP contribution in [0.4, 0.5) is 4.79 Å². The summed E-state index contributed by atoms with van der Waals surface area (Å²) in [5.41, 5.74) is 5.78. The van der Waals surface area contributed by atoms with Gasteiger partial charge in [0, 0.05) is 19.2 Å². The van der Waals surface area contributed by atoms with Crippen LogP contribution in [0.2, 0.25) is 0 Å². The fourth-order valence-corrected chi connectivity index (χ4v) is 1.08. The van der Waals surface area contributed by atoms with Gasteiger partial charge in [0.25, 0.3) is 0 Å². The largest absolute Gasteiger partial charge is 0.403 e. The molecule has 0 aromatic rings. The maximum Gasteiger partial charge on any atom is 0.328 e. The summed E-state index contributed by atoms with van der Waals surface area (Å²) in [5, 5.41) is 2.18. The average molecular weight is 181 g/mol. The molecule has 0 aromatic heterocycles. The normalized spacial score (nSPS) is 18.5. The number of carbonyl (C=O) groups excluding carboxylic acids is 2. The van der Waals surface area contributed by atoms with E-state index in [9.17, 15) is 9.59 Å². The van der Waals surface area contributed by atoms with E-state index in [4.69, 9.17) is 5.73 Å². The number of imide groups is 1. The van der Waals surface area contributed by atoms with Crippen LogP contribution in [0.15, 0.2) is 24.6 Å². The van der Waals surface area contributed by atoms with Crippen molar-refractivity contribution in [1.29, 1.82) is 0 Å².